The molecule has 4 atom stereocenters. The number of fused-ring (bicyclic) bond motifs is 1. The van der Waals surface area contributed by atoms with Crippen LogP contribution in [0, 0.1) is 11.3 Å². The molecule has 2 heteroatoms. The third kappa shape index (κ3) is 1.88. The molecule has 2 aliphatic rings. The highest BCUT2D eigenvalue weighted by molar-refractivity contribution is 5.31. The monoisotopic (exact) mass is 260 g/mol. The van der Waals surface area contributed by atoms with Gasteiger partial charge in [-0.05, 0) is 67.1 Å². The van der Waals surface area contributed by atoms with E-state index >= 15 is 0 Å². The maximum Gasteiger partial charge on any atom is 0.115 e. The van der Waals surface area contributed by atoms with Crippen LogP contribution in [0.5, 0.6) is 5.75 Å². The Labute approximate surface area is 115 Å². The molecule has 4 unspecified atom stereocenters. The van der Waals surface area contributed by atoms with E-state index in [1.165, 1.54) is 5.56 Å². The van der Waals surface area contributed by atoms with E-state index in [2.05, 4.69) is 19.9 Å². The van der Waals surface area contributed by atoms with Gasteiger partial charge in [-0.3, -0.25) is 0 Å². The van der Waals surface area contributed by atoms with Crippen molar-refractivity contribution in [2.75, 3.05) is 0 Å². The molecular weight excluding hydrogens is 236 g/mol. The number of aromatic hydroxyl groups is 1. The topological polar surface area (TPSA) is 40.5 Å². The quantitative estimate of drug-likeness (QED) is 0.805. The first-order valence-corrected chi connectivity index (χ1v) is 7.46. The largest absolute Gasteiger partial charge is 0.508 e. The highest BCUT2D eigenvalue weighted by atomic mass is 16.3. The van der Waals surface area contributed by atoms with Gasteiger partial charge in [0, 0.05) is 0 Å². The second-order valence-electron chi connectivity index (χ2n) is 6.92. The number of phenols is 1. The van der Waals surface area contributed by atoms with E-state index in [4.69, 9.17) is 0 Å². The number of benzene rings is 1. The van der Waals surface area contributed by atoms with Gasteiger partial charge in [-0.15, -0.1) is 0 Å². The Morgan fingerprint density at radius 1 is 1.21 bits per heavy atom. The van der Waals surface area contributed by atoms with Gasteiger partial charge in [0.05, 0.1) is 5.60 Å². The molecule has 2 saturated carbocycles. The standard InChI is InChI=1S/C17H24O2/c1-12-6-9-17(19)11-14(7-8-16(12,17)2)13-4-3-5-15(18)10-13/h3-5,10,12,14,18-19H,6-9,11H2,1-2H3. The Morgan fingerprint density at radius 2 is 2.00 bits per heavy atom. The predicted octanol–water partition coefficient (Wildman–Crippen LogP) is 3.83. The Morgan fingerprint density at radius 3 is 2.74 bits per heavy atom. The number of rotatable bonds is 1. The number of aliphatic hydroxyl groups is 1. The molecule has 0 spiro atoms. The van der Waals surface area contributed by atoms with Gasteiger partial charge in [0.2, 0.25) is 0 Å². The maximum atomic E-state index is 11.1. The fourth-order valence-electron chi connectivity index (χ4n) is 4.38. The van der Waals surface area contributed by atoms with Crippen molar-refractivity contribution < 1.29 is 10.2 Å². The van der Waals surface area contributed by atoms with Crippen LogP contribution in [0.1, 0.15) is 57.4 Å². The Kier molecular flexibility index (Phi) is 2.90. The summed E-state index contributed by atoms with van der Waals surface area (Å²) in [5.41, 5.74) is 0.747. The van der Waals surface area contributed by atoms with E-state index in [1.807, 2.05) is 12.1 Å². The Bertz CT molecular complexity index is 484. The lowest BCUT2D eigenvalue weighted by Gasteiger charge is -2.49. The van der Waals surface area contributed by atoms with Gasteiger partial charge < -0.3 is 10.2 Å². The average Bonchev–Trinajstić information content (AvgIpc) is 2.62. The van der Waals surface area contributed by atoms with Crippen molar-refractivity contribution in [3.05, 3.63) is 29.8 Å². The molecule has 2 nitrogen and oxygen atoms in total. The van der Waals surface area contributed by atoms with Crippen LogP contribution in [0.15, 0.2) is 24.3 Å². The van der Waals surface area contributed by atoms with Gasteiger partial charge in [0.1, 0.15) is 5.75 Å². The summed E-state index contributed by atoms with van der Waals surface area (Å²) < 4.78 is 0. The molecule has 0 amide bonds. The number of hydrogen-bond acceptors (Lipinski definition) is 2. The fourth-order valence-corrected chi connectivity index (χ4v) is 4.38. The van der Waals surface area contributed by atoms with Crippen LogP contribution in [0.2, 0.25) is 0 Å². The van der Waals surface area contributed by atoms with E-state index in [0.29, 0.717) is 17.6 Å². The van der Waals surface area contributed by atoms with Crippen LogP contribution in [-0.2, 0) is 0 Å². The van der Waals surface area contributed by atoms with Crippen molar-refractivity contribution in [1.29, 1.82) is 0 Å². The maximum absolute atomic E-state index is 11.1. The second kappa shape index (κ2) is 4.24. The molecule has 0 heterocycles. The molecule has 0 bridgehead atoms. The molecule has 3 rings (SSSR count). The summed E-state index contributed by atoms with van der Waals surface area (Å²) in [6.45, 7) is 4.55. The highest BCUT2D eigenvalue weighted by Gasteiger charge is 2.57. The zero-order valence-electron chi connectivity index (χ0n) is 11.9. The minimum absolute atomic E-state index is 0.0837. The van der Waals surface area contributed by atoms with E-state index < -0.39 is 5.60 Å². The molecule has 2 fully saturated rings. The van der Waals surface area contributed by atoms with E-state index in [-0.39, 0.29) is 5.41 Å². The summed E-state index contributed by atoms with van der Waals surface area (Å²) in [6.07, 6.45) is 5.12. The summed E-state index contributed by atoms with van der Waals surface area (Å²) >= 11 is 0. The molecule has 19 heavy (non-hydrogen) atoms. The van der Waals surface area contributed by atoms with Crippen molar-refractivity contribution in [3.8, 4) is 5.75 Å². The summed E-state index contributed by atoms with van der Waals surface area (Å²) in [7, 11) is 0. The zero-order valence-corrected chi connectivity index (χ0v) is 11.9. The van der Waals surface area contributed by atoms with E-state index in [1.54, 1.807) is 6.07 Å². The van der Waals surface area contributed by atoms with Gasteiger partial charge in [-0.25, -0.2) is 0 Å². The van der Waals surface area contributed by atoms with Crippen LogP contribution < -0.4 is 0 Å². The second-order valence-corrected chi connectivity index (χ2v) is 6.92. The zero-order chi connectivity index (χ0) is 13.7. The van der Waals surface area contributed by atoms with Crippen LogP contribution in [-0.4, -0.2) is 15.8 Å². The van der Waals surface area contributed by atoms with E-state index in [0.717, 1.165) is 32.1 Å². The van der Waals surface area contributed by atoms with Crippen LogP contribution in [0.3, 0.4) is 0 Å². The first kappa shape index (κ1) is 13.0. The van der Waals surface area contributed by atoms with Crippen LogP contribution >= 0.6 is 0 Å². The van der Waals surface area contributed by atoms with Gasteiger partial charge in [0.15, 0.2) is 0 Å². The minimum atomic E-state index is -0.513. The lowest BCUT2D eigenvalue weighted by Crippen LogP contribution is -2.48. The molecule has 1 aromatic rings. The third-order valence-corrected chi connectivity index (χ3v) is 6.08. The summed E-state index contributed by atoms with van der Waals surface area (Å²) in [6, 6.07) is 7.55. The SMILES string of the molecule is CC1CCC2(O)CC(c3cccc(O)c3)CCC12C. The number of hydrogen-bond donors (Lipinski definition) is 2. The normalized spacial score (nSPS) is 42.1. The smallest absolute Gasteiger partial charge is 0.115 e. The van der Waals surface area contributed by atoms with Crippen molar-refractivity contribution in [2.45, 2.75) is 57.5 Å². The Hall–Kier alpha value is -1.02. The van der Waals surface area contributed by atoms with Crippen molar-refractivity contribution in [3.63, 3.8) is 0 Å². The molecule has 0 aromatic heterocycles. The molecule has 2 N–H and O–H groups in total. The summed E-state index contributed by atoms with van der Waals surface area (Å²) in [5.74, 6) is 1.33. The van der Waals surface area contributed by atoms with Crippen LogP contribution in [0.25, 0.3) is 0 Å². The first-order valence-electron chi connectivity index (χ1n) is 7.46. The molecule has 0 radical (unpaired) electrons. The molecule has 1 aromatic carbocycles. The van der Waals surface area contributed by atoms with Gasteiger partial charge in [-0.1, -0.05) is 26.0 Å². The number of phenolic OH excluding ortho intramolecular Hbond substituents is 1. The molecule has 0 aliphatic heterocycles. The summed E-state index contributed by atoms with van der Waals surface area (Å²) in [5, 5.41) is 20.7. The first-order chi connectivity index (χ1) is 8.95. The van der Waals surface area contributed by atoms with Crippen molar-refractivity contribution >= 4 is 0 Å². The highest BCUT2D eigenvalue weighted by Crippen LogP contribution is 2.60. The van der Waals surface area contributed by atoms with Crippen molar-refractivity contribution in [1.82, 2.24) is 0 Å². The van der Waals surface area contributed by atoms with E-state index in [9.17, 15) is 10.2 Å². The van der Waals surface area contributed by atoms with Crippen LogP contribution in [0.4, 0.5) is 0 Å². The van der Waals surface area contributed by atoms with Gasteiger partial charge in [0.25, 0.3) is 0 Å². The average molecular weight is 260 g/mol. The molecule has 0 saturated heterocycles. The van der Waals surface area contributed by atoms with Crippen molar-refractivity contribution in [2.24, 2.45) is 11.3 Å². The fraction of sp³-hybridized carbons (Fsp3) is 0.647. The van der Waals surface area contributed by atoms with Gasteiger partial charge in [-0.2, -0.15) is 0 Å². The molecular formula is C17H24O2. The lowest BCUT2D eigenvalue weighted by molar-refractivity contribution is -0.102. The summed E-state index contributed by atoms with van der Waals surface area (Å²) in [4.78, 5) is 0. The lowest BCUT2D eigenvalue weighted by atomic mass is 9.59. The predicted molar refractivity (Wildman–Crippen MR) is 76.2 cm³/mol. The minimum Gasteiger partial charge on any atom is -0.508 e. The molecule has 2 aliphatic carbocycles. The Balaban J connectivity index is 1.87. The van der Waals surface area contributed by atoms with Gasteiger partial charge >= 0.3 is 0 Å². The third-order valence-electron chi connectivity index (χ3n) is 6.08. The molecule has 104 valence electrons.